The van der Waals surface area contributed by atoms with Crippen molar-refractivity contribution in [1.29, 1.82) is 0 Å². The van der Waals surface area contributed by atoms with Crippen LogP contribution in [-0.2, 0) is 11.2 Å². The first-order valence-electron chi connectivity index (χ1n) is 9.26. The molecule has 142 valence electrons. The molecule has 1 aromatic rings. The SMILES string of the molecule is CSc1nnc(CCCNC(=O)C2CCNCC2)n1C1CCCC1.Cl. The lowest BCUT2D eigenvalue weighted by atomic mass is 9.97. The molecule has 2 N–H and O–H groups in total. The van der Waals surface area contributed by atoms with E-state index in [1.807, 2.05) is 0 Å². The molecule has 1 aliphatic carbocycles. The molecule has 0 spiro atoms. The summed E-state index contributed by atoms with van der Waals surface area (Å²) in [6, 6.07) is 0.571. The highest BCUT2D eigenvalue weighted by Gasteiger charge is 2.24. The van der Waals surface area contributed by atoms with Crippen molar-refractivity contribution in [2.45, 2.75) is 62.6 Å². The quantitative estimate of drug-likeness (QED) is 0.555. The second-order valence-corrected chi connectivity index (χ2v) is 7.60. The second-order valence-electron chi connectivity index (χ2n) is 6.83. The Morgan fingerprint density at radius 3 is 2.64 bits per heavy atom. The molecule has 25 heavy (non-hydrogen) atoms. The first-order chi connectivity index (χ1) is 11.8. The van der Waals surface area contributed by atoms with E-state index in [9.17, 15) is 4.79 Å². The van der Waals surface area contributed by atoms with Gasteiger partial charge in [-0.15, -0.1) is 22.6 Å². The average molecular weight is 388 g/mol. The van der Waals surface area contributed by atoms with Gasteiger partial charge in [0.2, 0.25) is 5.91 Å². The lowest BCUT2D eigenvalue weighted by Gasteiger charge is -2.21. The molecule has 0 bridgehead atoms. The van der Waals surface area contributed by atoms with Crippen LogP contribution in [0.15, 0.2) is 5.16 Å². The fourth-order valence-electron chi connectivity index (χ4n) is 3.83. The molecule has 1 aromatic heterocycles. The summed E-state index contributed by atoms with van der Waals surface area (Å²) < 4.78 is 2.35. The first-order valence-corrected chi connectivity index (χ1v) is 10.5. The van der Waals surface area contributed by atoms with Crippen LogP contribution in [0.2, 0.25) is 0 Å². The minimum absolute atomic E-state index is 0. The molecular formula is C17H30ClN5OS. The molecule has 3 rings (SSSR count). The van der Waals surface area contributed by atoms with E-state index in [0.717, 1.165) is 56.3 Å². The maximum Gasteiger partial charge on any atom is 0.223 e. The van der Waals surface area contributed by atoms with E-state index in [0.29, 0.717) is 6.04 Å². The monoisotopic (exact) mass is 387 g/mol. The van der Waals surface area contributed by atoms with Crippen LogP contribution in [-0.4, -0.2) is 46.6 Å². The summed E-state index contributed by atoms with van der Waals surface area (Å²) in [4.78, 5) is 12.2. The normalized spacial score (nSPS) is 18.9. The van der Waals surface area contributed by atoms with Gasteiger partial charge >= 0.3 is 0 Å². The Kier molecular flexibility index (Phi) is 8.52. The molecule has 2 fully saturated rings. The van der Waals surface area contributed by atoms with Crippen LogP contribution in [0.3, 0.4) is 0 Å². The summed E-state index contributed by atoms with van der Waals surface area (Å²) in [6.45, 7) is 2.65. The summed E-state index contributed by atoms with van der Waals surface area (Å²) in [6.07, 6.45) is 10.9. The van der Waals surface area contributed by atoms with Crippen LogP contribution >= 0.6 is 24.2 Å². The van der Waals surface area contributed by atoms with Crippen LogP contribution in [0, 0.1) is 5.92 Å². The molecule has 0 aromatic carbocycles. The van der Waals surface area contributed by atoms with Gasteiger partial charge in [-0.3, -0.25) is 4.79 Å². The number of hydrogen-bond donors (Lipinski definition) is 2. The van der Waals surface area contributed by atoms with E-state index >= 15 is 0 Å². The maximum absolute atomic E-state index is 12.2. The standard InChI is InChI=1S/C17H29N5OS.ClH/c1-24-17-21-20-15(22(17)14-5-2-3-6-14)7-4-10-19-16(23)13-8-11-18-12-9-13;/h13-14,18H,2-12H2,1H3,(H,19,23);1H. The molecule has 1 saturated carbocycles. The van der Waals surface area contributed by atoms with Gasteiger partial charge in [-0.1, -0.05) is 24.6 Å². The Morgan fingerprint density at radius 2 is 1.96 bits per heavy atom. The number of aryl methyl sites for hydroxylation is 1. The average Bonchev–Trinajstić information content (AvgIpc) is 3.28. The molecule has 0 atom stereocenters. The Hall–Kier alpha value is -0.790. The van der Waals surface area contributed by atoms with Gasteiger partial charge < -0.3 is 15.2 Å². The largest absolute Gasteiger partial charge is 0.356 e. The maximum atomic E-state index is 12.2. The van der Waals surface area contributed by atoms with Crippen molar-refractivity contribution < 1.29 is 4.79 Å². The highest BCUT2D eigenvalue weighted by molar-refractivity contribution is 7.98. The number of hydrogen-bond acceptors (Lipinski definition) is 5. The summed E-state index contributed by atoms with van der Waals surface area (Å²) in [5, 5.41) is 16.2. The third-order valence-electron chi connectivity index (χ3n) is 5.19. The van der Waals surface area contributed by atoms with Crippen LogP contribution in [0.4, 0.5) is 0 Å². The Balaban J connectivity index is 0.00000225. The molecule has 0 unspecified atom stereocenters. The van der Waals surface area contributed by atoms with E-state index in [1.54, 1.807) is 11.8 Å². The highest BCUT2D eigenvalue weighted by Crippen LogP contribution is 2.33. The Labute approximate surface area is 160 Å². The van der Waals surface area contributed by atoms with E-state index < -0.39 is 0 Å². The lowest BCUT2D eigenvalue weighted by Crippen LogP contribution is -2.38. The van der Waals surface area contributed by atoms with Gasteiger partial charge in [0.15, 0.2) is 5.16 Å². The molecule has 2 aliphatic rings. The summed E-state index contributed by atoms with van der Waals surface area (Å²) in [7, 11) is 0. The van der Waals surface area contributed by atoms with Crippen LogP contribution in [0.25, 0.3) is 0 Å². The van der Waals surface area contributed by atoms with Crippen LogP contribution in [0.5, 0.6) is 0 Å². The number of thioether (sulfide) groups is 1. The Bertz CT molecular complexity index is 541. The lowest BCUT2D eigenvalue weighted by molar-refractivity contribution is -0.125. The summed E-state index contributed by atoms with van der Waals surface area (Å²) in [5.74, 6) is 1.50. The van der Waals surface area contributed by atoms with Crippen LogP contribution in [0.1, 0.15) is 56.8 Å². The molecule has 6 nitrogen and oxygen atoms in total. The smallest absolute Gasteiger partial charge is 0.223 e. The zero-order chi connectivity index (χ0) is 16.8. The van der Waals surface area contributed by atoms with Crippen molar-refractivity contribution in [2.75, 3.05) is 25.9 Å². The number of nitrogens with zero attached hydrogens (tertiary/aromatic N) is 3. The van der Waals surface area contributed by atoms with Crippen molar-refractivity contribution >= 4 is 30.1 Å². The third-order valence-corrected chi connectivity index (χ3v) is 5.84. The molecular weight excluding hydrogens is 358 g/mol. The van der Waals surface area contributed by atoms with Crippen molar-refractivity contribution in [3.8, 4) is 0 Å². The highest BCUT2D eigenvalue weighted by atomic mass is 35.5. The number of carbonyl (C=O) groups is 1. The van der Waals surface area contributed by atoms with Gasteiger partial charge in [0, 0.05) is 24.9 Å². The number of piperidine rings is 1. The van der Waals surface area contributed by atoms with E-state index in [4.69, 9.17) is 0 Å². The summed E-state index contributed by atoms with van der Waals surface area (Å²) in [5.41, 5.74) is 0. The zero-order valence-electron chi connectivity index (χ0n) is 15.0. The van der Waals surface area contributed by atoms with Gasteiger partial charge in [0.25, 0.3) is 0 Å². The van der Waals surface area contributed by atoms with E-state index in [1.165, 1.54) is 25.7 Å². The van der Waals surface area contributed by atoms with Gasteiger partial charge in [-0.2, -0.15) is 0 Å². The Morgan fingerprint density at radius 1 is 1.24 bits per heavy atom. The second kappa shape index (κ2) is 10.4. The summed E-state index contributed by atoms with van der Waals surface area (Å²) >= 11 is 1.68. The molecule has 2 heterocycles. The number of halogens is 1. The van der Waals surface area contributed by atoms with E-state index in [2.05, 4.69) is 31.7 Å². The van der Waals surface area contributed by atoms with Crippen molar-refractivity contribution in [2.24, 2.45) is 5.92 Å². The third kappa shape index (κ3) is 5.34. The van der Waals surface area contributed by atoms with Gasteiger partial charge in [-0.05, 0) is 51.4 Å². The predicted octanol–water partition coefficient (Wildman–Crippen LogP) is 2.59. The number of aromatic nitrogens is 3. The minimum atomic E-state index is 0. The molecule has 1 amide bonds. The van der Waals surface area contributed by atoms with Crippen molar-refractivity contribution in [3.05, 3.63) is 5.82 Å². The number of carbonyl (C=O) groups excluding carboxylic acids is 1. The number of rotatable bonds is 7. The molecule has 1 aliphatic heterocycles. The van der Waals surface area contributed by atoms with Gasteiger partial charge in [0.05, 0.1) is 0 Å². The minimum Gasteiger partial charge on any atom is -0.356 e. The van der Waals surface area contributed by atoms with Gasteiger partial charge in [0.1, 0.15) is 5.82 Å². The van der Waals surface area contributed by atoms with Crippen LogP contribution < -0.4 is 10.6 Å². The topological polar surface area (TPSA) is 71.8 Å². The number of amides is 1. The van der Waals surface area contributed by atoms with Gasteiger partial charge in [-0.25, -0.2) is 0 Å². The molecule has 8 heteroatoms. The first kappa shape index (κ1) is 20.5. The predicted molar refractivity (Wildman–Crippen MR) is 103 cm³/mol. The van der Waals surface area contributed by atoms with E-state index in [-0.39, 0.29) is 24.2 Å². The fourth-order valence-corrected chi connectivity index (χ4v) is 4.41. The zero-order valence-corrected chi connectivity index (χ0v) is 16.6. The molecule has 0 radical (unpaired) electrons. The van der Waals surface area contributed by atoms with Crippen molar-refractivity contribution in [3.63, 3.8) is 0 Å². The fraction of sp³-hybridized carbons (Fsp3) is 0.824. The molecule has 1 saturated heterocycles. The van der Waals surface area contributed by atoms with Crippen molar-refractivity contribution in [1.82, 2.24) is 25.4 Å². The number of nitrogens with one attached hydrogen (secondary N) is 2.